The Labute approximate surface area is 161 Å². The van der Waals surface area contributed by atoms with Crippen LogP contribution in [0.15, 0.2) is 46.9 Å². The first-order chi connectivity index (χ1) is 13.5. The maximum atomic E-state index is 12.9. The summed E-state index contributed by atoms with van der Waals surface area (Å²) in [5, 5.41) is 6.27. The Morgan fingerprint density at radius 1 is 0.964 bits per heavy atom. The molecule has 0 saturated heterocycles. The van der Waals surface area contributed by atoms with Gasteiger partial charge in [-0.3, -0.25) is 9.59 Å². The normalized spacial score (nSPS) is 12.8. The maximum absolute atomic E-state index is 12.9. The number of ether oxygens (including phenoxy) is 2. The first kappa shape index (κ1) is 17.9. The van der Waals surface area contributed by atoms with Crippen molar-refractivity contribution in [2.75, 3.05) is 23.8 Å². The lowest BCUT2D eigenvalue weighted by atomic mass is 10.1. The molecule has 144 valence electrons. The van der Waals surface area contributed by atoms with Crippen molar-refractivity contribution in [2.24, 2.45) is 5.92 Å². The lowest BCUT2D eigenvalue weighted by Gasteiger charge is -2.19. The standard InChI is InChI=1S/C21H20N2O5/c1-12(2)20(24)23-18-14-5-3-4-6-15(14)28-19(18)21(25)22-13-7-8-16-17(11-13)27-10-9-26-16/h3-8,11-12H,9-10H2,1-2H3,(H,22,25)(H,23,24). The number of hydrogen-bond acceptors (Lipinski definition) is 5. The van der Waals surface area contributed by atoms with Crippen molar-refractivity contribution in [3.8, 4) is 11.5 Å². The van der Waals surface area contributed by atoms with Crippen molar-refractivity contribution in [3.63, 3.8) is 0 Å². The van der Waals surface area contributed by atoms with Crippen LogP contribution in [-0.2, 0) is 4.79 Å². The number of nitrogens with one attached hydrogen (secondary N) is 2. The SMILES string of the molecule is CC(C)C(=O)Nc1c(C(=O)Nc2ccc3c(c2)OCCO3)oc2ccccc12. The van der Waals surface area contributed by atoms with E-state index in [4.69, 9.17) is 13.9 Å². The lowest BCUT2D eigenvalue weighted by Crippen LogP contribution is -2.20. The average molecular weight is 380 g/mol. The molecule has 2 heterocycles. The molecule has 0 fully saturated rings. The number of amides is 2. The number of hydrogen-bond donors (Lipinski definition) is 2. The van der Waals surface area contributed by atoms with Gasteiger partial charge >= 0.3 is 0 Å². The van der Waals surface area contributed by atoms with Gasteiger partial charge in [-0.2, -0.15) is 0 Å². The summed E-state index contributed by atoms with van der Waals surface area (Å²) in [5.41, 5.74) is 1.43. The fourth-order valence-corrected chi connectivity index (χ4v) is 2.91. The fourth-order valence-electron chi connectivity index (χ4n) is 2.91. The van der Waals surface area contributed by atoms with E-state index >= 15 is 0 Å². The van der Waals surface area contributed by atoms with Crippen LogP contribution in [0.5, 0.6) is 11.5 Å². The third-order valence-electron chi connectivity index (χ3n) is 4.37. The molecular formula is C21H20N2O5. The highest BCUT2D eigenvalue weighted by molar-refractivity contribution is 6.14. The highest BCUT2D eigenvalue weighted by atomic mass is 16.6. The molecular weight excluding hydrogens is 360 g/mol. The predicted octanol–water partition coefficient (Wildman–Crippen LogP) is 4.05. The molecule has 2 amide bonds. The van der Waals surface area contributed by atoms with Crippen LogP contribution in [0.3, 0.4) is 0 Å². The van der Waals surface area contributed by atoms with E-state index in [-0.39, 0.29) is 17.6 Å². The van der Waals surface area contributed by atoms with Gasteiger partial charge in [0.2, 0.25) is 11.7 Å². The van der Waals surface area contributed by atoms with Gasteiger partial charge in [0.15, 0.2) is 11.5 Å². The van der Waals surface area contributed by atoms with Gasteiger partial charge in [-0.25, -0.2) is 0 Å². The minimum absolute atomic E-state index is 0.0464. The van der Waals surface area contributed by atoms with Crippen LogP contribution in [0.4, 0.5) is 11.4 Å². The second-order valence-corrected chi connectivity index (χ2v) is 6.76. The van der Waals surface area contributed by atoms with E-state index in [1.54, 1.807) is 44.2 Å². The molecule has 2 aromatic carbocycles. The summed E-state index contributed by atoms with van der Waals surface area (Å²) in [6.45, 7) is 4.52. The smallest absolute Gasteiger partial charge is 0.293 e. The number of anilines is 2. The molecule has 0 aliphatic carbocycles. The van der Waals surface area contributed by atoms with Crippen LogP contribution in [0, 0.1) is 5.92 Å². The van der Waals surface area contributed by atoms with E-state index in [0.29, 0.717) is 47.1 Å². The molecule has 7 heteroatoms. The Hall–Kier alpha value is -3.48. The van der Waals surface area contributed by atoms with Crippen LogP contribution < -0.4 is 20.1 Å². The van der Waals surface area contributed by atoms with E-state index in [1.807, 2.05) is 12.1 Å². The number of fused-ring (bicyclic) bond motifs is 2. The molecule has 1 aliphatic heterocycles. The first-order valence-electron chi connectivity index (χ1n) is 9.06. The fraction of sp³-hybridized carbons (Fsp3) is 0.238. The van der Waals surface area contributed by atoms with Crippen LogP contribution >= 0.6 is 0 Å². The topological polar surface area (TPSA) is 89.8 Å². The second-order valence-electron chi connectivity index (χ2n) is 6.76. The molecule has 0 saturated carbocycles. The maximum Gasteiger partial charge on any atom is 0.293 e. The zero-order valence-corrected chi connectivity index (χ0v) is 15.6. The van der Waals surface area contributed by atoms with Crippen LogP contribution in [0.25, 0.3) is 11.0 Å². The van der Waals surface area contributed by atoms with E-state index in [2.05, 4.69) is 10.6 Å². The summed E-state index contributed by atoms with van der Waals surface area (Å²) >= 11 is 0. The van der Waals surface area contributed by atoms with Gasteiger partial charge < -0.3 is 24.5 Å². The molecule has 7 nitrogen and oxygen atoms in total. The van der Waals surface area contributed by atoms with Crippen LogP contribution in [0.1, 0.15) is 24.4 Å². The third kappa shape index (κ3) is 3.38. The van der Waals surface area contributed by atoms with E-state index in [1.165, 1.54) is 0 Å². The molecule has 0 unspecified atom stereocenters. The van der Waals surface area contributed by atoms with Crippen molar-refractivity contribution >= 4 is 34.2 Å². The number of furan rings is 1. The second kappa shape index (κ2) is 7.26. The zero-order chi connectivity index (χ0) is 19.7. The minimum atomic E-state index is -0.466. The first-order valence-corrected chi connectivity index (χ1v) is 9.06. The largest absolute Gasteiger partial charge is 0.486 e. The zero-order valence-electron chi connectivity index (χ0n) is 15.6. The molecule has 0 bridgehead atoms. The Balaban J connectivity index is 1.66. The van der Waals surface area contributed by atoms with Crippen molar-refractivity contribution in [1.82, 2.24) is 0 Å². The lowest BCUT2D eigenvalue weighted by molar-refractivity contribution is -0.118. The van der Waals surface area contributed by atoms with Crippen molar-refractivity contribution in [3.05, 3.63) is 48.2 Å². The number of carbonyl (C=O) groups excluding carboxylic acids is 2. The minimum Gasteiger partial charge on any atom is -0.486 e. The Morgan fingerprint density at radius 2 is 1.71 bits per heavy atom. The van der Waals surface area contributed by atoms with Gasteiger partial charge in [-0.1, -0.05) is 26.0 Å². The number of benzene rings is 2. The highest BCUT2D eigenvalue weighted by Gasteiger charge is 2.23. The quantitative estimate of drug-likeness (QED) is 0.713. The van der Waals surface area contributed by atoms with Gasteiger partial charge in [0, 0.05) is 23.1 Å². The summed E-state index contributed by atoms with van der Waals surface area (Å²) < 4.78 is 16.8. The third-order valence-corrected chi connectivity index (χ3v) is 4.37. The van der Waals surface area contributed by atoms with Crippen molar-refractivity contribution in [2.45, 2.75) is 13.8 Å². The Kier molecular flexibility index (Phi) is 4.65. The average Bonchev–Trinajstić information content (AvgIpc) is 3.06. The number of para-hydroxylation sites is 1. The Bertz CT molecular complexity index is 1050. The summed E-state index contributed by atoms with van der Waals surface area (Å²) in [4.78, 5) is 25.1. The highest BCUT2D eigenvalue weighted by Crippen LogP contribution is 2.34. The summed E-state index contributed by atoms with van der Waals surface area (Å²) in [5.74, 6) is 0.360. The summed E-state index contributed by atoms with van der Waals surface area (Å²) in [6.07, 6.45) is 0. The molecule has 0 spiro atoms. The van der Waals surface area contributed by atoms with Crippen LogP contribution in [-0.4, -0.2) is 25.0 Å². The predicted molar refractivity (Wildman–Crippen MR) is 105 cm³/mol. The van der Waals surface area contributed by atoms with Gasteiger partial charge in [0.05, 0.1) is 0 Å². The number of rotatable bonds is 4. The molecule has 2 N–H and O–H groups in total. The molecule has 0 radical (unpaired) electrons. The van der Waals surface area contributed by atoms with Crippen molar-refractivity contribution in [1.29, 1.82) is 0 Å². The number of carbonyl (C=O) groups is 2. The summed E-state index contributed by atoms with van der Waals surface area (Å²) in [6, 6.07) is 12.3. The van der Waals surface area contributed by atoms with E-state index in [0.717, 1.165) is 0 Å². The monoisotopic (exact) mass is 380 g/mol. The summed E-state index contributed by atoms with van der Waals surface area (Å²) in [7, 11) is 0. The molecule has 28 heavy (non-hydrogen) atoms. The molecule has 4 rings (SSSR count). The Morgan fingerprint density at radius 3 is 2.50 bits per heavy atom. The molecule has 1 aromatic heterocycles. The van der Waals surface area contributed by atoms with Crippen molar-refractivity contribution < 1.29 is 23.5 Å². The van der Waals surface area contributed by atoms with Gasteiger partial charge in [-0.05, 0) is 24.3 Å². The van der Waals surface area contributed by atoms with E-state index < -0.39 is 5.91 Å². The van der Waals surface area contributed by atoms with Gasteiger partial charge in [0.25, 0.3) is 5.91 Å². The van der Waals surface area contributed by atoms with Crippen LogP contribution in [0.2, 0.25) is 0 Å². The van der Waals surface area contributed by atoms with Gasteiger partial charge in [0.1, 0.15) is 24.5 Å². The molecule has 1 aliphatic rings. The molecule has 0 atom stereocenters. The van der Waals surface area contributed by atoms with Gasteiger partial charge in [-0.15, -0.1) is 0 Å². The molecule has 3 aromatic rings. The van der Waals surface area contributed by atoms with E-state index in [9.17, 15) is 9.59 Å².